The van der Waals surface area contributed by atoms with Gasteiger partial charge in [-0.3, -0.25) is 0 Å². The van der Waals surface area contributed by atoms with Gasteiger partial charge in [0.1, 0.15) is 0 Å². The molecule has 48 heavy (non-hydrogen) atoms. The van der Waals surface area contributed by atoms with E-state index in [0.29, 0.717) is 0 Å². The second-order valence-electron chi connectivity index (χ2n) is 13.0. The molecule has 0 aliphatic rings. The van der Waals surface area contributed by atoms with Crippen LogP contribution >= 0.6 is 31.9 Å². The Kier molecular flexibility index (Phi) is 8.75. The Morgan fingerprint density at radius 3 is 0.875 bits per heavy atom. The van der Waals surface area contributed by atoms with Gasteiger partial charge in [0.05, 0.1) is 0 Å². The molecule has 236 valence electrons. The minimum atomic E-state index is 1.15. The minimum absolute atomic E-state index is 1.15. The summed E-state index contributed by atoms with van der Waals surface area (Å²) in [5, 5.41) is 10.4. The third-order valence-electron chi connectivity index (χ3n) is 10.1. The van der Waals surface area contributed by atoms with Gasteiger partial charge >= 0.3 is 0 Å². The molecule has 8 rings (SSSR count). The number of benzene rings is 8. The van der Waals surface area contributed by atoms with E-state index in [-0.39, 0.29) is 0 Å². The largest absolute Gasteiger partial charge is 0.0616 e. The van der Waals surface area contributed by atoms with Crippen LogP contribution in [0.1, 0.15) is 33.4 Å². The number of fused-ring (bicyclic) bond motifs is 4. The SMILES string of the molecule is Cc1c(Br)cc2ccccc2c1-c1c(C)c(Br)cc2ccccc12.Cc1cc2ccccc2c(-c2c(C)c(C)cc3ccccc23)c1C. The van der Waals surface area contributed by atoms with Gasteiger partial charge in [-0.2, -0.15) is 0 Å². The molecule has 0 amide bonds. The van der Waals surface area contributed by atoms with Crippen LogP contribution in [0.15, 0.2) is 130 Å². The number of rotatable bonds is 2. The van der Waals surface area contributed by atoms with E-state index in [4.69, 9.17) is 0 Å². The summed E-state index contributed by atoms with van der Waals surface area (Å²) in [5.74, 6) is 0. The van der Waals surface area contributed by atoms with Gasteiger partial charge in [-0.1, -0.05) is 141 Å². The molecule has 0 spiro atoms. The lowest BCUT2D eigenvalue weighted by Gasteiger charge is -2.19. The maximum absolute atomic E-state index is 3.76. The average molecular weight is 751 g/mol. The van der Waals surface area contributed by atoms with E-state index >= 15 is 0 Å². The molecule has 0 aromatic heterocycles. The summed E-state index contributed by atoms with van der Waals surface area (Å²) in [7, 11) is 0. The van der Waals surface area contributed by atoms with Crippen molar-refractivity contribution in [3.63, 3.8) is 0 Å². The highest BCUT2D eigenvalue weighted by atomic mass is 79.9. The average Bonchev–Trinajstić information content (AvgIpc) is 3.09. The summed E-state index contributed by atoms with van der Waals surface area (Å²) in [6, 6.07) is 43.8. The number of halogens is 2. The monoisotopic (exact) mass is 748 g/mol. The Morgan fingerprint density at radius 2 is 0.562 bits per heavy atom. The number of hydrogen-bond acceptors (Lipinski definition) is 0. The first-order chi connectivity index (χ1) is 23.2. The zero-order valence-corrected chi connectivity index (χ0v) is 31.5. The van der Waals surface area contributed by atoms with E-state index in [9.17, 15) is 0 Å². The highest BCUT2D eigenvalue weighted by Crippen LogP contribution is 2.44. The predicted molar refractivity (Wildman–Crippen MR) is 218 cm³/mol. The first-order valence-electron chi connectivity index (χ1n) is 16.5. The van der Waals surface area contributed by atoms with Crippen molar-refractivity contribution in [1.82, 2.24) is 0 Å². The highest BCUT2D eigenvalue weighted by Gasteiger charge is 2.18. The van der Waals surface area contributed by atoms with E-state index in [1.54, 1.807) is 0 Å². The molecular weight excluding hydrogens is 712 g/mol. The van der Waals surface area contributed by atoms with Gasteiger partial charge in [-0.15, -0.1) is 0 Å². The van der Waals surface area contributed by atoms with Crippen LogP contribution in [0, 0.1) is 41.5 Å². The Bertz CT molecular complexity index is 2180. The van der Waals surface area contributed by atoms with Gasteiger partial charge in [-0.25, -0.2) is 0 Å². The fourth-order valence-electron chi connectivity index (χ4n) is 7.30. The van der Waals surface area contributed by atoms with Crippen LogP contribution in [0.4, 0.5) is 0 Å². The maximum Gasteiger partial charge on any atom is 0.0217 e. The van der Waals surface area contributed by atoms with Crippen molar-refractivity contribution < 1.29 is 0 Å². The molecule has 0 aliphatic heterocycles. The van der Waals surface area contributed by atoms with Crippen molar-refractivity contribution in [2.75, 3.05) is 0 Å². The van der Waals surface area contributed by atoms with Crippen molar-refractivity contribution >= 4 is 74.9 Å². The molecule has 0 bridgehead atoms. The number of hydrogen-bond donors (Lipinski definition) is 0. The lowest BCUT2D eigenvalue weighted by molar-refractivity contribution is 1.33. The van der Waals surface area contributed by atoms with Crippen LogP contribution in [0.3, 0.4) is 0 Å². The highest BCUT2D eigenvalue weighted by molar-refractivity contribution is 9.10. The van der Waals surface area contributed by atoms with Crippen molar-refractivity contribution in [3.8, 4) is 22.3 Å². The molecule has 0 nitrogen and oxygen atoms in total. The van der Waals surface area contributed by atoms with E-state index in [2.05, 4.69) is 195 Å². The van der Waals surface area contributed by atoms with Gasteiger partial charge in [0.15, 0.2) is 0 Å². The summed E-state index contributed by atoms with van der Waals surface area (Å²) in [6.07, 6.45) is 0. The summed E-state index contributed by atoms with van der Waals surface area (Å²) >= 11 is 7.52. The lowest BCUT2D eigenvalue weighted by Crippen LogP contribution is -1.96. The van der Waals surface area contributed by atoms with E-state index in [0.717, 1.165) is 8.95 Å². The third-order valence-corrected chi connectivity index (χ3v) is 11.8. The Morgan fingerprint density at radius 1 is 0.312 bits per heavy atom. The van der Waals surface area contributed by atoms with Gasteiger partial charge in [0.2, 0.25) is 0 Å². The van der Waals surface area contributed by atoms with Gasteiger partial charge in [0, 0.05) is 8.95 Å². The normalized spacial score (nSPS) is 11.3. The topological polar surface area (TPSA) is 0 Å². The summed E-state index contributed by atoms with van der Waals surface area (Å²) in [5.41, 5.74) is 13.4. The van der Waals surface area contributed by atoms with Crippen molar-refractivity contribution in [2.45, 2.75) is 41.5 Å². The molecule has 2 heteroatoms. The third kappa shape index (κ3) is 5.55. The smallest absolute Gasteiger partial charge is 0.0217 e. The summed E-state index contributed by atoms with van der Waals surface area (Å²) in [4.78, 5) is 0. The van der Waals surface area contributed by atoms with Crippen molar-refractivity contribution in [2.24, 2.45) is 0 Å². The first kappa shape index (κ1) is 32.3. The van der Waals surface area contributed by atoms with Crippen LogP contribution in [0.25, 0.3) is 65.3 Å². The molecule has 0 N–H and O–H groups in total. The Hall–Kier alpha value is -4.24. The lowest BCUT2D eigenvalue weighted by atomic mass is 9.85. The zero-order chi connectivity index (χ0) is 33.7. The van der Waals surface area contributed by atoms with Crippen molar-refractivity contribution in [1.29, 1.82) is 0 Å². The minimum Gasteiger partial charge on any atom is -0.0616 e. The van der Waals surface area contributed by atoms with Crippen LogP contribution < -0.4 is 0 Å². The fourth-order valence-corrected chi connectivity index (χ4v) is 8.19. The number of aryl methyl sites for hydroxylation is 2. The summed E-state index contributed by atoms with van der Waals surface area (Å²) < 4.78 is 2.30. The van der Waals surface area contributed by atoms with Crippen LogP contribution in [-0.2, 0) is 0 Å². The molecule has 0 aliphatic carbocycles. The van der Waals surface area contributed by atoms with Gasteiger partial charge in [-0.05, 0) is 152 Å². The molecule has 0 heterocycles. The standard InChI is InChI=1S/C24H22.C22H16Br2/c1-15-13-19-9-5-7-11-21(19)23(17(15)3)24-18(4)16(2)14-20-10-6-8-12-22(20)24;1-13-19(23)11-15-7-3-5-9-17(15)21(13)22-14(2)20(24)12-16-8-4-6-10-18(16)22/h5-14H,1-4H3;3-12H,1-2H3. The predicted octanol–water partition coefficient (Wildman–Crippen LogP) is 14.7. The van der Waals surface area contributed by atoms with Gasteiger partial charge < -0.3 is 0 Å². The summed E-state index contributed by atoms with van der Waals surface area (Å²) in [6.45, 7) is 13.3. The van der Waals surface area contributed by atoms with E-state index in [1.807, 2.05) is 0 Å². The molecule has 0 saturated carbocycles. The molecule has 8 aromatic rings. The second-order valence-corrected chi connectivity index (χ2v) is 14.7. The Labute approximate surface area is 300 Å². The molecule has 0 unspecified atom stereocenters. The van der Waals surface area contributed by atoms with E-state index < -0.39 is 0 Å². The Balaban J connectivity index is 0.000000152. The van der Waals surface area contributed by atoms with Crippen LogP contribution in [0.5, 0.6) is 0 Å². The van der Waals surface area contributed by atoms with Crippen LogP contribution in [-0.4, -0.2) is 0 Å². The van der Waals surface area contributed by atoms with Gasteiger partial charge in [0.25, 0.3) is 0 Å². The quantitative estimate of drug-likeness (QED) is 0.165. The molecule has 0 saturated heterocycles. The molecule has 8 aromatic carbocycles. The molecule has 0 atom stereocenters. The van der Waals surface area contributed by atoms with Crippen LogP contribution in [0.2, 0.25) is 0 Å². The fraction of sp³-hybridized carbons (Fsp3) is 0.130. The zero-order valence-electron chi connectivity index (χ0n) is 28.3. The molecule has 0 fully saturated rings. The van der Waals surface area contributed by atoms with E-state index in [1.165, 1.54) is 98.7 Å². The van der Waals surface area contributed by atoms with Crippen molar-refractivity contribution in [3.05, 3.63) is 164 Å². The maximum atomic E-state index is 3.76. The second kappa shape index (κ2) is 13.0. The molecular formula is C46H38Br2. The molecule has 0 radical (unpaired) electrons. The first-order valence-corrected chi connectivity index (χ1v) is 18.1.